The van der Waals surface area contributed by atoms with E-state index < -0.39 is 37.0 Å². The minimum atomic E-state index is -4.65. The molecule has 1 aliphatic carbocycles. The van der Waals surface area contributed by atoms with Crippen molar-refractivity contribution in [3.8, 4) is 5.88 Å². The largest absolute Gasteiger partial charge is 0.476 e. The van der Waals surface area contributed by atoms with Crippen LogP contribution in [0.5, 0.6) is 5.88 Å². The number of carbonyl (C=O) groups is 1. The SMILES string of the molecule is CC1(C)CC(c2ccc(Cl)cc2)=C2CN3CCN(c4ccc(C(=O)NS(=O)(=O)c5ccc(NCC6CC[C@](C)(O)CO6)c([N+](=O)[O-])c5)c(N5CCCOc6nc7[nH]ccc7cc65)c4)C[C@H]3COCCCO[C@@H]2C1. The van der Waals surface area contributed by atoms with Gasteiger partial charge in [-0.15, -0.1) is 0 Å². The summed E-state index contributed by atoms with van der Waals surface area (Å²) in [6, 6.07) is 20.8. The summed E-state index contributed by atoms with van der Waals surface area (Å²) in [5.74, 6) is -0.554. The molecule has 0 spiro atoms. The summed E-state index contributed by atoms with van der Waals surface area (Å²) in [7, 11) is -4.65. The summed E-state index contributed by atoms with van der Waals surface area (Å²) in [5.41, 5.74) is 5.03. The number of benzene rings is 3. The van der Waals surface area contributed by atoms with Crippen molar-refractivity contribution in [2.45, 2.75) is 88.0 Å². The molecule has 0 radical (unpaired) electrons. The number of anilines is 4. The molecule has 0 saturated carbocycles. The number of ether oxygens (including phenoxy) is 4. The van der Waals surface area contributed by atoms with Crippen molar-refractivity contribution in [1.29, 1.82) is 0 Å². The molecule has 73 heavy (non-hydrogen) atoms. The second-order valence-electron chi connectivity index (χ2n) is 20.9. The Balaban J connectivity index is 0.957. The molecule has 3 aromatic carbocycles. The van der Waals surface area contributed by atoms with Gasteiger partial charge >= 0.3 is 0 Å². The first-order valence-corrected chi connectivity index (χ1v) is 27.0. The summed E-state index contributed by atoms with van der Waals surface area (Å²) in [5, 5.41) is 27.1. The van der Waals surface area contributed by atoms with Crippen molar-refractivity contribution in [2.75, 3.05) is 87.4 Å². The number of fused-ring (bicyclic) bond motifs is 4. The zero-order chi connectivity index (χ0) is 51.1. The van der Waals surface area contributed by atoms with E-state index in [1.165, 1.54) is 23.3 Å². The number of amides is 1. The van der Waals surface area contributed by atoms with Crippen LogP contribution in [-0.4, -0.2) is 135 Å². The molecule has 3 fully saturated rings. The number of nitrogens with zero attached hydrogens (tertiary/aromatic N) is 5. The molecule has 4 atom stereocenters. The standard InChI is InChI=1S/C53H63ClN8O10S/c1-52(2)27-42(34-6-8-36(54)9-7-34)43-31-60-20-19-59(30-38(60)32-69-21-5-23-70-48(43)28-52)37-10-12-41(45(25-37)61-18-4-22-71-51-47(61)24-35-15-17-55-49(35)57-51)50(63)58-73(67,68)40-11-13-44(46(26-40)62(65)66)56-29-39-14-16-53(3,64)33-72-39/h6-13,15,17,24-26,38-39,48,56,64H,4-5,14,16,18-23,27-33H2,1-3H3,(H,55,57)(H,58,63)/t38-,39?,48+,53-/m0/s1. The highest BCUT2D eigenvalue weighted by Gasteiger charge is 2.39. The first-order valence-electron chi connectivity index (χ1n) is 25.1. The van der Waals surface area contributed by atoms with Crippen LogP contribution in [0, 0.1) is 15.5 Å². The average Bonchev–Trinajstić information content (AvgIpc) is 3.71. The topological polar surface area (TPSA) is 214 Å². The van der Waals surface area contributed by atoms with Gasteiger partial charge in [0.05, 0.1) is 64.7 Å². The highest BCUT2D eigenvalue weighted by molar-refractivity contribution is 7.90. The number of piperazine rings is 1. The number of halogens is 1. The Hall–Kier alpha value is -5.80. The van der Waals surface area contributed by atoms with Gasteiger partial charge in [0.15, 0.2) is 0 Å². The lowest BCUT2D eigenvalue weighted by Crippen LogP contribution is -2.56. The van der Waals surface area contributed by atoms with Crippen molar-refractivity contribution in [3.63, 3.8) is 0 Å². The molecule has 20 heteroatoms. The number of sulfonamides is 1. The van der Waals surface area contributed by atoms with E-state index in [1.54, 1.807) is 19.2 Å². The number of pyridine rings is 1. The lowest BCUT2D eigenvalue weighted by atomic mass is 9.71. The minimum absolute atomic E-state index is 0.000196. The predicted molar refractivity (Wildman–Crippen MR) is 280 cm³/mol. The third-order valence-electron chi connectivity index (χ3n) is 14.7. The Kier molecular flexibility index (Phi) is 14.5. The number of H-pyrrole nitrogens is 1. The van der Waals surface area contributed by atoms with Crippen LogP contribution in [0.1, 0.15) is 75.2 Å². The van der Waals surface area contributed by atoms with E-state index in [2.05, 4.69) is 50.8 Å². The van der Waals surface area contributed by atoms with Gasteiger partial charge in [-0.05, 0) is 122 Å². The van der Waals surface area contributed by atoms with Gasteiger partial charge in [-0.25, -0.2) is 13.1 Å². The summed E-state index contributed by atoms with van der Waals surface area (Å²) in [6.45, 7) is 11.8. The van der Waals surface area contributed by atoms with Crippen LogP contribution < -0.4 is 24.6 Å². The first-order chi connectivity index (χ1) is 35.0. The Morgan fingerprint density at radius 1 is 0.986 bits per heavy atom. The van der Waals surface area contributed by atoms with E-state index in [1.807, 2.05) is 41.3 Å². The van der Waals surface area contributed by atoms with Crippen molar-refractivity contribution in [3.05, 3.63) is 111 Å². The molecule has 4 aliphatic heterocycles. The molecule has 1 unspecified atom stereocenters. The number of nitro groups is 1. The number of aliphatic hydroxyl groups is 1. The van der Waals surface area contributed by atoms with Crippen LogP contribution >= 0.6 is 11.6 Å². The van der Waals surface area contributed by atoms with Crippen molar-refractivity contribution >= 4 is 72.6 Å². The lowest BCUT2D eigenvalue weighted by Gasteiger charge is -2.45. The maximum atomic E-state index is 14.6. The number of hydrogen-bond donors (Lipinski definition) is 4. The van der Waals surface area contributed by atoms with E-state index in [0.29, 0.717) is 106 Å². The van der Waals surface area contributed by atoms with E-state index in [9.17, 15) is 28.4 Å². The fourth-order valence-electron chi connectivity index (χ4n) is 10.8. The second-order valence-corrected chi connectivity index (χ2v) is 23.0. The fraction of sp³-hybridized carbons (Fsp3) is 0.472. The number of hydrogen-bond acceptors (Lipinski definition) is 15. The highest BCUT2D eigenvalue weighted by Crippen LogP contribution is 2.46. The predicted octanol–water partition coefficient (Wildman–Crippen LogP) is 8.08. The molecule has 388 valence electrons. The number of carbonyl (C=O) groups excluding carboxylic acids is 1. The maximum absolute atomic E-state index is 14.6. The number of aromatic nitrogens is 2. The molecule has 1 amide bonds. The third-order valence-corrected chi connectivity index (χ3v) is 16.3. The molecular weight excluding hydrogens is 976 g/mol. The van der Waals surface area contributed by atoms with Gasteiger partial charge in [-0.3, -0.25) is 19.8 Å². The summed E-state index contributed by atoms with van der Waals surface area (Å²) in [4.78, 5) is 40.5. The molecule has 5 aliphatic rings. The third kappa shape index (κ3) is 11.3. The van der Waals surface area contributed by atoms with Gasteiger partial charge in [-0.1, -0.05) is 37.6 Å². The summed E-state index contributed by atoms with van der Waals surface area (Å²) >= 11 is 6.38. The smallest absolute Gasteiger partial charge is 0.293 e. The number of nitrogens with one attached hydrogen (secondary N) is 3. The quantitative estimate of drug-likeness (QED) is 0.0769. The van der Waals surface area contributed by atoms with Gasteiger partial charge in [0.1, 0.15) is 17.0 Å². The van der Waals surface area contributed by atoms with E-state index in [4.69, 9.17) is 35.5 Å². The van der Waals surface area contributed by atoms with Crippen LogP contribution in [0.4, 0.5) is 28.4 Å². The Morgan fingerprint density at radius 2 is 1.82 bits per heavy atom. The van der Waals surface area contributed by atoms with Crippen molar-refractivity contribution in [2.24, 2.45) is 5.41 Å². The van der Waals surface area contributed by atoms with Crippen LogP contribution in [0.25, 0.3) is 16.6 Å². The molecule has 18 nitrogen and oxygen atoms in total. The lowest BCUT2D eigenvalue weighted by molar-refractivity contribution is -0.384. The normalized spacial score (nSPS) is 24.0. The molecule has 10 rings (SSSR count). The molecule has 2 aromatic heterocycles. The second kappa shape index (κ2) is 20.8. The summed E-state index contributed by atoms with van der Waals surface area (Å²) in [6.07, 6.45) is 5.64. The highest BCUT2D eigenvalue weighted by atomic mass is 35.5. The molecule has 5 aromatic rings. The van der Waals surface area contributed by atoms with Gasteiger partial charge in [-0.2, -0.15) is 4.98 Å². The molecule has 0 bridgehead atoms. The minimum Gasteiger partial charge on any atom is -0.476 e. The van der Waals surface area contributed by atoms with Gasteiger partial charge < -0.3 is 44.2 Å². The van der Waals surface area contributed by atoms with Crippen LogP contribution in [0.2, 0.25) is 5.02 Å². The van der Waals surface area contributed by atoms with E-state index in [0.717, 1.165) is 42.0 Å². The maximum Gasteiger partial charge on any atom is 0.293 e. The van der Waals surface area contributed by atoms with Crippen LogP contribution in [-0.2, 0) is 24.2 Å². The van der Waals surface area contributed by atoms with Crippen molar-refractivity contribution < 1.29 is 42.2 Å². The van der Waals surface area contributed by atoms with Crippen LogP contribution in [0.3, 0.4) is 0 Å². The zero-order valence-corrected chi connectivity index (χ0v) is 43.0. The molecule has 3 saturated heterocycles. The van der Waals surface area contributed by atoms with Gasteiger partial charge in [0, 0.05) is 80.8 Å². The van der Waals surface area contributed by atoms with E-state index >= 15 is 0 Å². The number of allylic oxidation sites excluding steroid dienone is 1. The zero-order valence-electron chi connectivity index (χ0n) is 41.4. The number of rotatable bonds is 10. The Labute approximate surface area is 430 Å². The first kappa shape index (κ1) is 50.7. The Bertz CT molecular complexity index is 3010. The molecule has 6 heterocycles. The van der Waals surface area contributed by atoms with Gasteiger partial charge in [0.25, 0.3) is 21.6 Å². The number of aromatic amines is 1. The monoisotopic (exact) mass is 1040 g/mol. The molecular formula is C53H63ClN8O10S. The average molecular weight is 1040 g/mol. The van der Waals surface area contributed by atoms with Crippen LogP contribution in [0.15, 0.2) is 89.5 Å². The number of nitro benzene ring substituents is 1. The van der Waals surface area contributed by atoms with E-state index in [-0.39, 0.29) is 48.1 Å². The summed E-state index contributed by atoms with van der Waals surface area (Å²) < 4.78 is 55.4. The Morgan fingerprint density at radius 3 is 2.62 bits per heavy atom. The van der Waals surface area contributed by atoms with Crippen molar-refractivity contribution in [1.82, 2.24) is 19.6 Å². The fourth-order valence-corrected chi connectivity index (χ4v) is 11.9. The van der Waals surface area contributed by atoms with Gasteiger partial charge in [0.2, 0.25) is 5.88 Å². The molecule has 4 N–H and O–H groups in total.